The highest BCUT2D eigenvalue weighted by molar-refractivity contribution is 5.88. The molecule has 0 amide bonds. The highest BCUT2D eigenvalue weighted by atomic mass is 16.6. The number of aromatic carboxylic acids is 1. The van der Waals surface area contributed by atoms with Crippen molar-refractivity contribution in [2.24, 2.45) is 0 Å². The van der Waals surface area contributed by atoms with Crippen LogP contribution in [0.4, 0.5) is 0 Å². The van der Waals surface area contributed by atoms with Crippen LogP contribution in [0.15, 0.2) is 18.2 Å². The molecule has 3 N–H and O–H groups in total. The molecule has 0 atom stereocenters. The quantitative estimate of drug-likeness (QED) is 0.533. The van der Waals surface area contributed by atoms with Gasteiger partial charge in [0.1, 0.15) is 11.2 Å². The molecule has 162 valence electrons. The molecule has 0 aliphatic rings. The molecule has 0 aliphatic carbocycles. The topological polar surface area (TPSA) is 114 Å². The largest absolute Gasteiger partial charge is 0.478 e. The molecule has 0 saturated carbocycles. The Hall–Kier alpha value is -2.45. The summed E-state index contributed by atoms with van der Waals surface area (Å²) >= 11 is 0. The van der Waals surface area contributed by atoms with Crippen LogP contribution in [0.2, 0.25) is 0 Å². The van der Waals surface area contributed by atoms with Crippen LogP contribution in [0.3, 0.4) is 0 Å². The van der Waals surface area contributed by atoms with E-state index in [2.05, 4.69) is 10.6 Å². The molecule has 1 aromatic carbocycles. The van der Waals surface area contributed by atoms with Crippen molar-refractivity contribution in [3.05, 3.63) is 34.9 Å². The third-order valence-electron chi connectivity index (χ3n) is 3.34. The molecule has 0 spiro atoms. The van der Waals surface area contributed by atoms with Gasteiger partial charge in [-0.3, -0.25) is 9.59 Å². The number of carboxylic acids is 1. The van der Waals surface area contributed by atoms with Crippen LogP contribution >= 0.6 is 0 Å². The van der Waals surface area contributed by atoms with Gasteiger partial charge < -0.3 is 25.2 Å². The van der Waals surface area contributed by atoms with Crippen molar-refractivity contribution in [2.75, 3.05) is 13.1 Å². The molecular weight excluding hydrogens is 376 g/mol. The van der Waals surface area contributed by atoms with Crippen LogP contribution in [0, 0.1) is 0 Å². The predicted octanol–water partition coefficient (Wildman–Crippen LogP) is 2.25. The van der Waals surface area contributed by atoms with E-state index in [0.717, 1.165) is 0 Å². The van der Waals surface area contributed by atoms with Crippen molar-refractivity contribution < 1.29 is 29.0 Å². The van der Waals surface area contributed by atoms with Crippen LogP contribution in [0.25, 0.3) is 0 Å². The van der Waals surface area contributed by atoms with E-state index >= 15 is 0 Å². The summed E-state index contributed by atoms with van der Waals surface area (Å²) < 4.78 is 10.4. The zero-order valence-electron chi connectivity index (χ0n) is 18.0. The van der Waals surface area contributed by atoms with Crippen molar-refractivity contribution in [3.63, 3.8) is 0 Å². The zero-order chi connectivity index (χ0) is 22.2. The Bertz CT molecular complexity index is 679. The Kier molecular flexibility index (Phi) is 8.79. The highest BCUT2D eigenvalue weighted by Crippen LogP contribution is 2.12. The molecule has 1 rings (SSSR count). The molecule has 29 heavy (non-hydrogen) atoms. The average molecular weight is 408 g/mol. The number of nitrogens with one attached hydrogen (secondary N) is 2. The third-order valence-corrected chi connectivity index (χ3v) is 3.34. The molecule has 0 radical (unpaired) electrons. The van der Waals surface area contributed by atoms with Gasteiger partial charge in [0.15, 0.2) is 0 Å². The monoisotopic (exact) mass is 408 g/mol. The van der Waals surface area contributed by atoms with Crippen LogP contribution in [-0.4, -0.2) is 47.3 Å². The minimum absolute atomic E-state index is 0.0147. The zero-order valence-corrected chi connectivity index (χ0v) is 18.0. The summed E-state index contributed by atoms with van der Waals surface area (Å²) in [6.07, 6.45) is 0. The molecule has 0 fully saturated rings. The summed E-state index contributed by atoms with van der Waals surface area (Å²) in [6, 6.07) is 4.90. The maximum atomic E-state index is 11.8. The lowest BCUT2D eigenvalue weighted by molar-refractivity contribution is -0.154. The summed E-state index contributed by atoms with van der Waals surface area (Å²) in [5.41, 5.74) is 0.435. The molecule has 8 nitrogen and oxygen atoms in total. The van der Waals surface area contributed by atoms with E-state index in [-0.39, 0.29) is 30.6 Å². The van der Waals surface area contributed by atoms with Gasteiger partial charge in [-0.15, -0.1) is 0 Å². The van der Waals surface area contributed by atoms with Crippen molar-refractivity contribution in [3.8, 4) is 0 Å². The Morgan fingerprint density at radius 1 is 0.793 bits per heavy atom. The molecule has 0 bridgehead atoms. The Morgan fingerprint density at radius 3 is 1.48 bits per heavy atom. The minimum Gasteiger partial charge on any atom is -0.478 e. The number of esters is 2. The van der Waals surface area contributed by atoms with Gasteiger partial charge in [-0.1, -0.05) is 6.07 Å². The molecule has 0 saturated heterocycles. The van der Waals surface area contributed by atoms with Crippen LogP contribution in [0.1, 0.15) is 63.0 Å². The normalized spacial score (nSPS) is 11.8. The van der Waals surface area contributed by atoms with E-state index in [9.17, 15) is 19.5 Å². The predicted molar refractivity (Wildman–Crippen MR) is 109 cm³/mol. The molecule has 0 heterocycles. The lowest BCUT2D eigenvalue weighted by Gasteiger charge is -2.19. The van der Waals surface area contributed by atoms with E-state index in [4.69, 9.17) is 9.47 Å². The Morgan fingerprint density at radius 2 is 1.17 bits per heavy atom. The van der Waals surface area contributed by atoms with E-state index < -0.39 is 17.2 Å². The number of hydrogen-bond acceptors (Lipinski definition) is 7. The second-order valence-electron chi connectivity index (χ2n) is 8.72. The van der Waals surface area contributed by atoms with E-state index in [1.54, 1.807) is 53.7 Å². The summed E-state index contributed by atoms with van der Waals surface area (Å²) in [4.78, 5) is 34.9. The fraction of sp³-hybridized carbons (Fsp3) is 0.571. The fourth-order valence-corrected chi connectivity index (χ4v) is 2.46. The summed E-state index contributed by atoms with van der Waals surface area (Å²) in [5, 5.41) is 15.2. The van der Waals surface area contributed by atoms with Crippen molar-refractivity contribution >= 4 is 17.9 Å². The first-order valence-corrected chi connectivity index (χ1v) is 9.46. The average Bonchev–Trinajstić information content (AvgIpc) is 2.51. The van der Waals surface area contributed by atoms with Gasteiger partial charge in [-0.05, 0) is 64.8 Å². The van der Waals surface area contributed by atoms with Crippen molar-refractivity contribution in [1.82, 2.24) is 10.6 Å². The van der Waals surface area contributed by atoms with Crippen LogP contribution in [0.5, 0.6) is 0 Å². The number of ether oxygens (including phenoxy) is 2. The van der Waals surface area contributed by atoms with Gasteiger partial charge >= 0.3 is 17.9 Å². The highest BCUT2D eigenvalue weighted by Gasteiger charge is 2.17. The van der Waals surface area contributed by atoms with Gasteiger partial charge in [0.2, 0.25) is 0 Å². The number of carbonyl (C=O) groups excluding carboxylic acids is 2. The molecule has 0 aromatic heterocycles. The SMILES string of the molecule is CC(C)(C)OC(=O)CNCc1cc(CNCC(=O)OC(C)(C)C)cc(C(=O)O)c1. The van der Waals surface area contributed by atoms with E-state index in [1.165, 1.54) is 0 Å². The first-order valence-electron chi connectivity index (χ1n) is 9.46. The first kappa shape index (κ1) is 24.6. The number of hydrogen-bond donors (Lipinski definition) is 3. The van der Waals surface area contributed by atoms with Crippen LogP contribution in [-0.2, 0) is 32.2 Å². The lowest BCUT2D eigenvalue weighted by atomic mass is 10.1. The Balaban J connectivity index is 2.66. The number of rotatable bonds is 9. The van der Waals surface area contributed by atoms with Gasteiger partial charge in [-0.25, -0.2) is 4.79 Å². The van der Waals surface area contributed by atoms with E-state index in [1.807, 2.05) is 6.07 Å². The van der Waals surface area contributed by atoms with Gasteiger partial charge in [0, 0.05) is 13.1 Å². The molecule has 8 heteroatoms. The smallest absolute Gasteiger partial charge is 0.335 e. The number of carbonyl (C=O) groups is 3. The lowest BCUT2D eigenvalue weighted by Crippen LogP contribution is -2.31. The molecule has 0 unspecified atom stereocenters. The van der Waals surface area contributed by atoms with E-state index in [0.29, 0.717) is 24.2 Å². The fourth-order valence-electron chi connectivity index (χ4n) is 2.46. The van der Waals surface area contributed by atoms with Gasteiger partial charge in [0.05, 0.1) is 18.7 Å². The molecular formula is C21H32N2O6. The second-order valence-corrected chi connectivity index (χ2v) is 8.72. The van der Waals surface area contributed by atoms with Crippen molar-refractivity contribution in [2.45, 2.75) is 65.8 Å². The standard InChI is InChI=1S/C21H32N2O6/c1-20(2,3)28-17(24)12-22-10-14-7-15(9-16(8-14)19(26)27)11-23-13-18(25)29-21(4,5)6/h7-9,22-23H,10-13H2,1-6H3,(H,26,27). The molecule has 1 aromatic rings. The first-order chi connectivity index (χ1) is 13.2. The summed E-state index contributed by atoms with van der Waals surface area (Å²) in [6.45, 7) is 11.4. The number of carboxylic acid groups (broad SMARTS) is 1. The van der Waals surface area contributed by atoms with Crippen molar-refractivity contribution in [1.29, 1.82) is 0 Å². The maximum Gasteiger partial charge on any atom is 0.335 e. The van der Waals surface area contributed by atoms with Gasteiger partial charge in [0.25, 0.3) is 0 Å². The summed E-state index contributed by atoms with van der Waals surface area (Å²) in [5.74, 6) is -1.82. The molecule has 0 aliphatic heterocycles. The third kappa shape index (κ3) is 11.2. The number of benzene rings is 1. The second kappa shape index (κ2) is 10.4. The van der Waals surface area contributed by atoms with Crippen LogP contribution < -0.4 is 10.6 Å². The minimum atomic E-state index is -1.05. The Labute approximate surface area is 172 Å². The maximum absolute atomic E-state index is 11.8. The summed E-state index contributed by atoms with van der Waals surface area (Å²) in [7, 11) is 0. The van der Waals surface area contributed by atoms with Gasteiger partial charge in [-0.2, -0.15) is 0 Å².